The first-order valence-corrected chi connectivity index (χ1v) is 6.24. The normalized spacial score (nSPS) is 18.0. The number of thiocarbonyl (C=S) groups is 1. The Morgan fingerprint density at radius 2 is 2.12 bits per heavy atom. The van der Waals surface area contributed by atoms with Gasteiger partial charge in [0.1, 0.15) is 4.32 Å². The summed E-state index contributed by atoms with van der Waals surface area (Å²) in [6.45, 7) is 0. The molecule has 2 nitrogen and oxygen atoms in total. The van der Waals surface area contributed by atoms with Crippen molar-refractivity contribution in [2.45, 2.75) is 0 Å². The number of carbonyl (C=O) groups is 1. The smallest absolute Gasteiger partial charge is 0.263 e. The van der Waals surface area contributed by atoms with Crippen molar-refractivity contribution < 1.29 is 4.79 Å². The average Bonchev–Trinajstić information content (AvgIpc) is 2.50. The van der Waals surface area contributed by atoms with E-state index in [-0.39, 0.29) is 5.91 Å². The second kappa shape index (κ2) is 4.75. The van der Waals surface area contributed by atoms with E-state index in [9.17, 15) is 4.79 Å². The Hall–Kier alpha value is -0.550. The zero-order chi connectivity index (χ0) is 11.7. The van der Waals surface area contributed by atoms with Crippen molar-refractivity contribution in [3.8, 4) is 0 Å². The predicted molar refractivity (Wildman–Crippen MR) is 72.8 cm³/mol. The second-order valence-corrected chi connectivity index (χ2v) is 5.58. The number of carbonyl (C=O) groups excluding carboxylic acids is 1. The largest absolute Gasteiger partial charge is 0.307 e. The van der Waals surface area contributed by atoms with Gasteiger partial charge in [0.2, 0.25) is 0 Å². The van der Waals surface area contributed by atoms with E-state index in [4.69, 9.17) is 35.4 Å². The molecule has 82 valence electrons. The summed E-state index contributed by atoms with van der Waals surface area (Å²) in [5, 5.41) is 3.60. The highest BCUT2D eigenvalue weighted by Crippen LogP contribution is 2.29. The van der Waals surface area contributed by atoms with Crippen LogP contribution in [0, 0.1) is 0 Å². The van der Waals surface area contributed by atoms with E-state index < -0.39 is 0 Å². The first-order chi connectivity index (χ1) is 7.56. The molecular formula is C10H5Cl2NOS2. The van der Waals surface area contributed by atoms with Gasteiger partial charge in [0.15, 0.2) is 0 Å². The number of benzene rings is 1. The van der Waals surface area contributed by atoms with Gasteiger partial charge in [-0.25, -0.2) is 0 Å². The third kappa shape index (κ3) is 2.58. The van der Waals surface area contributed by atoms with Crippen LogP contribution >= 0.6 is 47.2 Å². The Morgan fingerprint density at radius 1 is 1.38 bits per heavy atom. The van der Waals surface area contributed by atoms with Gasteiger partial charge < -0.3 is 5.32 Å². The second-order valence-electron chi connectivity index (χ2n) is 3.02. The quantitative estimate of drug-likeness (QED) is 0.634. The van der Waals surface area contributed by atoms with E-state index in [2.05, 4.69) is 5.32 Å². The molecule has 1 N–H and O–H groups in total. The van der Waals surface area contributed by atoms with Crippen molar-refractivity contribution in [3.05, 3.63) is 38.7 Å². The number of halogens is 2. The van der Waals surface area contributed by atoms with Crippen LogP contribution in [0.4, 0.5) is 0 Å². The van der Waals surface area contributed by atoms with Crippen molar-refractivity contribution in [1.29, 1.82) is 0 Å². The van der Waals surface area contributed by atoms with Crippen LogP contribution in [0.25, 0.3) is 6.08 Å². The Morgan fingerprint density at radius 3 is 2.69 bits per heavy atom. The first kappa shape index (κ1) is 11.9. The highest BCUT2D eigenvalue weighted by molar-refractivity contribution is 8.26. The van der Waals surface area contributed by atoms with Crippen LogP contribution in [-0.4, -0.2) is 10.2 Å². The van der Waals surface area contributed by atoms with Crippen LogP contribution in [0.15, 0.2) is 23.1 Å². The fraction of sp³-hybridized carbons (Fsp3) is 0. The summed E-state index contributed by atoms with van der Waals surface area (Å²) in [6, 6.07) is 5.11. The average molecular weight is 290 g/mol. The number of thioether (sulfide) groups is 1. The molecule has 1 amide bonds. The first-order valence-electron chi connectivity index (χ1n) is 4.26. The van der Waals surface area contributed by atoms with Crippen molar-refractivity contribution in [3.63, 3.8) is 0 Å². The van der Waals surface area contributed by atoms with Crippen molar-refractivity contribution in [2.75, 3.05) is 0 Å². The Labute approximate surface area is 112 Å². The summed E-state index contributed by atoms with van der Waals surface area (Å²) < 4.78 is 0.460. The molecule has 16 heavy (non-hydrogen) atoms. The van der Waals surface area contributed by atoms with Gasteiger partial charge in [0, 0.05) is 10.0 Å². The van der Waals surface area contributed by atoms with E-state index in [1.165, 1.54) is 11.8 Å². The molecule has 6 heteroatoms. The maximum Gasteiger partial charge on any atom is 0.263 e. The molecular weight excluding hydrogens is 285 g/mol. The molecule has 0 spiro atoms. The Balaban J connectivity index is 2.36. The molecule has 1 aromatic carbocycles. The zero-order valence-corrected chi connectivity index (χ0v) is 10.9. The van der Waals surface area contributed by atoms with E-state index in [0.29, 0.717) is 19.3 Å². The van der Waals surface area contributed by atoms with Crippen LogP contribution in [0.3, 0.4) is 0 Å². The molecule has 1 fully saturated rings. The predicted octanol–water partition coefficient (Wildman–Crippen LogP) is 3.48. The molecule has 0 saturated carbocycles. The number of hydrogen-bond acceptors (Lipinski definition) is 3. The number of nitrogens with one attached hydrogen (secondary N) is 1. The molecule has 1 aliphatic heterocycles. The van der Waals surface area contributed by atoms with E-state index in [1.807, 2.05) is 0 Å². The van der Waals surface area contributed by atoms with Gasteiger partial charge in [-0.05, 0) is 23.8 Å². The minimum Gasteiger partial charge on any atom is -0.307 e. The lowest BCUT2D eigenvalue weighted by molar-refractivity contribution is -0.115. The fourth-order valence-corrected chi connectivity index (χ4v) is 2.68. The van der Waals surface area contributed by atoms with Crippen molar-refractivity contribution in [1.82, 2.24) is 5.32 Å². The summed E-state index contributed by atoms with van der Waals surface area (Å²) in [5.41, 5.74) is 0.744. The van der Waals surface area contributed by atoms with Gasteiger partial charge in [0.25, 0.3) is 5.91 Å². The number of rotatable bonds is 1. The number of hydrogen-bond donors (Lipinski definition) is 1. The summed E-state index contributed by atoms with van der Waals surface area (Å²) in [4.78, 5) is 11.9. The highest BCUT2D eigenvalue weighted by atomic mass is 35.5. The molecule has 0 radical (unpaired) electrons. The van der Waals surface area contributed by atoms with Crippen LogP contribution in [0.2, 0.25) is 10.0 Å². The van der Waals surface area contributed by atoms with E-state index in [0.717, 1.165) is 5.56 Å². The summed E-state index contributed by atoms with van der Waals surface area (Å²) in [7, 11) is 0. The fourth-order valence-electron chi connectivity index (χ4n) is 1.18. The third-order valence-corrected chi connectivity index (χ3v) is 3.62. The van der Waals surface area contributed by atoms with Gasteiger partial charge in [-0.1, -0.05) is 53.2 Å². The summed E-state index contributed by atoms with van der Waals surface area (Å²) in [5.74, 6) is -0.194. The lowest BCUT2D eigenvalue weighted by atomic mass is 10.2. The summed E-state index contributed by atoms with van der Waals surface area (Å²) in [6.07, 6.45) is 1.69. The lowest BCUT2D eigenvalue weighted by Crippen LogP contribution is -2.17. The molecule has 1 aliphatic rings. The monoisotopic (exact) mass is 289 g/mol. The minimum absolute atomic E-state index is 0.194. The zero-order valence-electron chi connectivity index (χ0n) is 7.79. The topological polar surface area (TPSA) is 29.1 Å². The van der Waals surface area contributed by atoms with Crippen LogP contribution < -0.4 is 5.32 Å². The Kier molecular flexibility index (Phi) is 3.54. The highest BCUT2D eigenvalue weighted by Gasteiger charge is 2.22. The van der Waals surface area contributed by atoms with Crippen LogP contribution in [-0.2, 0) is 4.79 Å². The standard InChI is InChI=1S/C10H5Cl2NOS2/c11-6-2-1-5(7(12)4-6)3-8-9(14)13-10(15)16-8/h1-4H,(H,13,14,15)/b8-3+. The van der Waals surface area contributed by atoms with Gasteiger partial charge in [0.05, 0.1) is 4.91 Å². The molecule has 0 aliphatic carbocycles. The third-order valence-electron chi connectivity index (χ3n) is 1.89. The summed E-state index contributed by atoms with van der Waals surface area (Å²) >= 11 is 17.9. The SMILES string of the molecule is O=C1NC(=S)S/C1=C/c1ccc(Cl)cc1Cl. The molecule has 0 atom stereocenters. The van der Waals surface area contributed by atoms with Gasteiger partial charge >= 0.3 is 0 Å². The molecule has 1 aromatic rings. The number of amides is 1. The van der Waals surface area contributed by atoms with Crippen LogP contribution in [0.1, 0.15) is 5.56 Å². The van der Waals surface area contributed by atoms with Crippen molar-refractivity contribution >= 4 is 63.5 Å². The van der Waals surface area contributed by atoms with Gasteiger partial charge in [-0.15, -0.1) is 0 Å². The maximum atomic E-state index is 11.4. The molecule has 0 aromatic heterocycles. The maximum absolute atomic E-state index is 11.4. The molecule has 0 unspecified atom stereocenters. The molecule has 1 heterocycles. The Bertz CT molecular complexity index is 514. The van der Waals surface area contributed by atoms with E-state index in [1.54, 1.807) is 24.3 Å². The molecule has 1 saturated heterocycles. The van der Waals surface area contributed by atoms with E-state index >= 15 is 0 Å². The molecule has 0 bridgehead atoms. The molecule has 2 rings (SSSR count). The van der Waals surface area contributed by atoms with Gasteiger partial charge in [-0.3, -0.25) is 4.79 Å². The van der Waals surface area contributed by atoms with Crippen molar-refractivity contribution in [2.24, 2.45) is 0 Å². The van der Waals surface area contributed by atoms with Crippen LogP contribution in [0.5, 0.6) is 0 Å². The van der Waals surface area contributed by atoms with Gasteiger partial charge in [-0.2, -0.15) is 0 Å². The minimum atomic E-state index is -0.194. The lowest BCUT2D eigenvalue weighted by Gasteiger charge is -1.99.